The molecule has 0 radical (unpaired) electrons. The first-order chi connectivity index (χ1) is 7.36. The number of hydrogen-bond donors (Lipinski definition) is 2. The number of nitrogens with zero attached hydrogens (tertiary/aromatic N) is 2. The van der Waals surface area contributed by atoms with E-state index in [-0.39, 0.29) is 0 Å². The normalized spacial score (nSPS) is 10.3. The van der Waals surface area contributed by atoms with Crippen molar-refractivity contribution in [3.8, 4) is 0 Å². The summed E-state index contributed by atoms with van der Waals surface area (Å²) in [7, 11) is 0. The molecule has 1 rings (SSSR count). The largest absolute Gasteiger partial charge is 0.360 e. The van der Waals surface area contributed by atoms with Crippen molar-refractivity contribution in [2.75, 3.05) is 23.7 Å². The van der Waals surface area contributed by atoms with Gasteiger partial charge in [-0.3, -0.25) is 0 Å². The van der Waals surface area contributed by atoms with Crippen LogP contribution in [0, 0.1) is 0 Å². The zero-order valence-corrected chi connectivity index (χ0v) is 10.4. The maximum absolute atomic E-state index is 4.06. The van der Waals surface area contributed by atoms with Crippen molar-refractivity contribution in [2.45, 2.75) is 39.5 Å². The summed E-state index contributed by atoms with van der Waals surface area (Å²) in [6.45, 7) is 6.33. The highest BCUT2D eigenvalue weighted by Gasteiger charge is 2.01. The summed E-state index contributed by atoms with van der Waals surface area (Å²) in [4.78, 5) is 0. The highest BCUT2D eigenvalue weighted by atomic mass is 32.1. The lowest BCUT2D eigenvalue weighted by molar-refractivity contribution is 0.827. The molecule has 1 aromatic heterocycles. The summed E-state index contributed by atoms with van der Waals surface area (Å²) >= 11 is 1.59. The molecule has 1 heterocycles. The van der Waals surface area contributed by atoms with Crippen LogP contribution >= 0.6 is 11.3 Å². The third kappa shape index (κ3) is 4.97. The molecule has 86 valence electrons. The smallest absolute Gasteiger partial charge is 0.207 e. The van der Waals surface area contributed by atoms with Crippen molar-refractivity contribution in [1.82, 2.24) is 10.2 Å². The Morgan fingerprint density at radius 1 is 0.933 bits per heavy atom. The first kappa shape index (κ1) is 12.2. The second-order valence-corrected chi connectivity index (χ2v) is 4.45. The topological polar surface area (TPSA) is 49.8 Å². The Kier molecular flexibility index (Phi) is 6.08. The zero-order valence-electron chi connectivity index (χ0n) is 9.55. The highest BCUT2D eigenvalue weighted by molar-refractivity contribution is 7.19. The lowest BCUT2D eigenvalue weighted by Gasteiger charge is -1.99. The molecule has 5 heteroatoms. The van der Waals surface area contributed by atoms with Gasteiger partial charge in [0.25, 0.3) is 0 Å². The number of aromatic nitrogens is 2. The lowest BCUT2D eigenvalue weighted by atomic mass is 10.3. The van der Waals surface area contributed by atoms with Crippen LogP contribution in [0.4, 0.5) is 10.3 Å². The molecule has 0 aliphatic carbocycles. The van der Waals surface area contributed by atoms with Gasteiger partial charge in [0.2, 0.25) is 10.3 Å². The highest BCUT2D eigenvalue weighted by Crippen LogP contribution is 2.19. The van der Waals surface area contributed by atoms with E-state index < -0.39 is 0 Å². The van der Waals surface area contributed by atoms with Crippen LogP contribution in [0.2, 0.25) is 0 Å². The molecule has 0 saturated heterocycles. The predicted octanol–water partition coefficient (Wildman–Crippen LogP) is 2.96. The van der Waals surface area contributed by atoms with Crippen molar-refractivity contribution in [3.63, 3.8) is 0 Å². The first-order valence-electron chi connectivity index (χ1n) is 5.68. The van der Waals surface area contributed by atoms with Gasteiger partial charge in [0.15, 0.2) is 0 Å². The zero-order chi connectivity index (χ0) is 10.9. The van der Waals surface area contributed by atoms with Crippen molar-refractivity contribution < 1.29 is 0 Å². The molecule has 0 atom stereocenters. The fourth-order valence-electron chi connectivity index (χ4n) is 1.11. The van der Waals surface area contributed by atoms with E-state index in [1.165, 1.54) is 25.7 Å². The lowest BCUT2D eigenvalue weighted by Crippen LogP contribution is -1.99. The summed E-state index contributed by atoms with van der Waals surface area (Å²) < 4.78 is 0. The van der Waals surface area contributed by atoms with Gasteiger partial charge in [0.05, 0.1) is 0 Å². The summed E-state index contributed by atoms with van der Waals surface area (Å²) in [5.41, 5.74) is 0. The van der Waals surface area contributed by atoms with E-state index in [0.29, 0.717) is 0 Å². The summed E-state index contributed by atoms with van der Waals surface area (Å²) in [6, 6.07) is 0. The van der Waals surface area contributed by atoms with E-state index in [1.807, 2.05) is 0 Å². The molecule has 0 aliphatic rings. The van der Waals surface area contributed by atoms with Gasteiger partial charge in [-0.25, -0.2) is 0 Å². The van der Waals surface area contributed by atoms with Crippen LogP contribution < -0.4 is 10.6 Å². The number of hydrogen-bond acceptors (Lipinski definition) is 5. The quantitative estimate of drug-likeness (QED) is 0.672. The van der Waals surface area contributed by atoms with Crippen LogP contribution in [-0.2, 0) is 0 Å². The second kappa shape index (κ2) is 7.45. The minimum atomic E-state index is 0.919. The van der Waals surface area contributed by atoms with Crippen LogP contribution in [-0.4, -0.2) is 23.3 Å². The van der Waals surface area contributed by atoms with Gasteiger partial charge >= 0.3 is 0 Å². The Bertz CT molecular complexity index is 237. The maximum Gasteiger partial charge on any atom is 0.207 e. The van der Waals surface area contributed by atoms with Gasteiger partial charge in [0.1, 0.15) is 0 Å². The van der Waals surface area contributed by atoms with E-state index in [2.05, 4.69) is 34.7 Å². The molecule has 0 aliphatic heterocycles. The van der Waals surface area contributed by atoms with Gasteiger partial charge < -0.3 is 10.6 Å². The number of anilines is 2. The molecule has 0 bridgehead atoms. The van der Waals surface area contributed by atoms with Crippen molar-refractivity contribution in [3.05, 3.63) is 0 Å². The van der Waals surface area contributed by atoms with Crippen molar-refractivity contribution in [1.29, 1.82) is 0 Å². The van der Waals surface area contributed by atoms with Gasteiger partial charge in [-0.05, 0) is 12.8 Å². The van der Waals surface area contributed by atoms with Gasteiger partial charge in [0, 0.05) is 13.1 Å². The summed E-state index contributed by atoms with van der Waals surface area (Å²) in [5.74, 6) is 0. The molecule has 4 nitrogen and oxygen atoms in total. The third-order valence-electron chi connectivity index (χ3n) is 2.04. The van der Waals surface area contributed by atoms with Crippen molar-refractivity contribution in [2.24, 2.45) is 0 Å². The minimum absolute atomic E-state index is 0.919. The Hall–Kier alpha value is -0.840. The van der Waals surface area contributed by atoms with Crippen LogP contribution in [0.3, 0.4) is 0 Å². The molecule has 0 saturated carbocycles. The molecule has 15 heavy (non-hydrogen) atoms. The van der Waals surface area contributed by atoms with Crippen LogP contribution in [0.25, 0.3) is 0 Å². The van der Waals surface area contributed by atoms with Crippen LogP contribution in [0.15, 0.2) is 0 Å². The summed E-state index contributed by atoms with van der Waals surface area (Å²) in [6.07, 6.45) is 4.76. The molecule has 0 fully saturated rings. The molecule has 0 amide bonds. The van der Waals surface area contributed by atoms with Crippen LogP contribution in [0.1, 0.15) is 39.5 Å². The molecule has 0 aromatic carbocycles. The fourth-order valence-corrected chi connectivity index (χ4v) is 1.81. The molecule has 0 spiro atoms. The SMILES string of the molecule is CCCCNc1nnc(NCCCC)s1. The molecular weight excluding hydrogens is 208 g/mol. The monoisotopic (exact) mass is 228 g/mol. The van der Waals surface area contributed by atoms with E-state index in [9.17, 15) is 0 Å². The fraction of sp³-hybridized carbons (Fsp3) is 0.800. The summed E-state index contributed by atoms with van der Waals surface area (Å²) in [5, 5.41) is 16.5. The second-order valence-electron chi connectivity index (χ2n) is 3.47. The van der Waals surface area contributed by atoms with Crippen molar-refractivity contribution >= 4 is 21.6 Å². The maximum atomic E-state index is 4.06. The minimum Gasteiger partial charge on any atom is -0.360 e. The molecule has 0 unspecified atom stereocenters. The van der Waals surface area contributed by atoms with Gasteiger partial charge in [-0.1, -0.05) is 38.0 Å². The van der Waals surface area contributed by atoms with E-state index in [1.54, 1.807) is 11.3 Å². The number of nitrogens with one attached hydrogen (secondary N) is 2. The molecule has 1 aromatic rings. The number of rotatable bonds is 8. The Balaban J connectivity index is 2.23. The molecule has 2 N–H and O–H groups in total. The third-order valence-corrected chi connectivity index (χ3v) is 2.88. The van der Waals surface area contributed by atoms with Gasteiger partial charge in [-0.2, -0.15) is 0 Å². The Morgan fingerprint density at radius 3 is 1.80 bits per heavy atom. The van der Waals surface area contributed by atoms with Crippen LogP contribution in [0.5, 0.6) is 0 Å². The Labute approximate surface area is 95.5 Å². The standard InChI is InChI=1S/C10H20N4S/c1-3-5-7-11-9-13-14-10(15-9)12-8-6-4-2/h3-8H2,1-2H3,(H,11,13)(H,12,14). The average molecular weight is 228 g/mol. The average Bonchev–Trinajstić information content (AvgIpc) is 2.67. The number of unbranched alkanes of at least 4 members (excludes halogenated alkanes) is 2. The predicted molar refractivity (Wildman–Crippen MR) is 66.7 cm³/mol. The van der Waals surface area contributed by atoms with E-state index >= 15 is 0 Å². The molecular formula is C10H20N4S. The Morgan fingerprint density at radius 2 is 1.40 bits per heavy atom. The van der Waals surface area contributed by atoms with Gasteiger partial charge in [-0.15, -0.1) is 10.2 Å². The first-order valence-corrected chi connectivity index (χ1v) is 6.49. The van der Waals surface area contributed by atoms with E-state index in [4.69, 9.17) is 0 Å². The van der Waals surface area contributed by atoms with E-state index in [0.717, 1.165) is 23.4 Å².